The molecule has 2 aliphatic carbocycles. The number of amides is 1. The van der Waals surface area contributed by atoms with Gasteiger partial charge in [-0.15, -0.1) is 12.4 Å². The zero-order valence-electron chi connectivity index (χ0n) is 16.0. The topological polar surface area (TPSA) is 94.0 Å². The minimum atomic E-state index is -0.0465. The summed E-state index contributed by atoms with van der Waals surface area (Å²) < 4.78 is 5.49. The fourth-order valence-electron chi connectivity index (χ4n) is 4.08. The molecule has 6 nitrogen and oxygen atoms in total. The van der Waals surface area contributed by atoms with E-state index in [0.29, 0.717) is 29.7 Å². The number of pyridine rings is 1. The number of nitrogens with zero attached hydrogens (tertiary/aromatic N) is 2. The lowest BCUT2D eigenvalue weighted by Crippen LogP contribution is -2.44. The maximum absolute atomic E-state index is 13.2. The van der Waals surface area contributed by atoms with Crippen LogP contribution in [0.3, 0.4) is 0 Å². The van der Waals surface area contributed by atoms with E-state index in [9.17, 15) is 4.79 Å². The van der Waals surface area contributed by atoms with Gasteiger partial charge in [-0.3, -0.25) is 4.79 Å². The molecule has 2 heterocycles. The third-order valence-corrected chi connectivity index (χ3v) is 5.81. The highest BCUT2D eigenvalue weighted by atomic mass is 35.5. The van der Waals surface area contributed by atoms with Crippen molar-refractivity contribution in [2.75, 3.05) is 6.54 Å². The Morgan fingerprint density at radius 2 is 2.04 bits per heavy atom. The molecule has 1 amide bonds. The predicted octanol–water partition coefficient (Wildman–Crippen LogP) is 3.89. The lowest BCUT2D eigenvalue weighted by atomic mass is 9.84. The van der Waals surface area contributed by atoms with Crippen LogP contribution >= 0.6 is 12.4 Å². The summed E-state index contributed by atoms with van der Waals surface area (Å²) in [6, 6.07) is 2.11. The molecule has 0 aromatic carbocycles. The van der Waals surface area contributed by atoms with Crippen LogP contribution in [-0.4, -0.2) is 28.6 Å². The largest absolute Gasteiger partial charge is 0.349 e. The first-order chi connectivity index (χ1) is 12.6. The van der Waals surface area contributed by atoms with Gasteiger partial charge >= 0.3 is 0 Å². The molecule has 0 spiro atoms. The molecule has 2 aromatic rings. The fraction of sp³-hybridized carbons (Fsp3) is 0.650. The van der Waals surface area contributed by atoms with Crippen molar-refractivity contribution in [2.24, 2.45) is 11.7 Å². The maximum Gasteiger partial charge on any atom is 0.259 e. The Hall–Kier alpha value is -1.66. The first-order valence-electron chi connectivity index (χ1n) is 9.89. The Morgan fingerprint density at radius 3 is 2.70 bits per heavy atom. The van der Waals surface area contributed by atoms with Crippen LogP contribution in [0.1, 0.15) is 86.0 Å². The molecule has 2 saturated carbocycles. The number of carbonyl (C=O) groups excluding carboxylic acids is 1. The standard InChI is InChI=1S/C20H28N4O2.ClH/c1-11(2)18-17-14(9-16(12-7-8-12)23-20(17)26-24-18)19(25)22-15-6-4-3-5-13(15)10-21;/h9,11-13,15H,3-8,10,21H2,1-2H3,(H,22,25);1H. The van der Waals surface area contributed by atoms with Crippen LogP contribution < -0.4 is 11.1 Å². The molecule has 2 aromatic heterocycles. The van der Waals surface area contributed by atoms with Crippen molar-refractivity contribution in [3.8, 4) is 0 Å². The fourth-order valence-corrected chi connectivity index (χ4v) is 4.08. The average Bonchev–Trinajstić information content (AvgIpc) is 3.40. The normalized spacial score (nSPS) is 22.7. The third kappa shape index (κ3) is 3.97. The van der Waals surface area contributed by atoms with Gasteiger partial charge in [0.25, 0.3) is 11.6 Å². The summed E-state index contributed by atoms with van der Waals surface area (Å²) in [5.74, 6) is 0.933. The van der Waals surface area contributed by atoms with Crippen molar-refractivity contribution in [2.45, 2.75) is 70.3 Å². The minimum Gasteiger partial charge on any atom is -0.349 e. The van der Waals surface area contributed by atoms with Crippen LogP contribution in [0, 0.1) is 5.92 Å². The molecule has 0 aliphatic heterocycles. The molecule has 27 heavy (non-hydrogen) atoms. The number of carbonyl (C=O) groups is 1. The van der Waals surface area contributed by atoms with Crippen LogP contribution in [-0.2, 0) is 0 Å². The number of rotatable bonds is 5. The molecule has 4 rings (SSSR count). The Kier molecular flexibility index (Phi) is 6.06. The van der Waals surface area contributed by atoms with Gasteiger partial charge in [0.15, 0.2) is 0 Å². The first kappa shape index (κ1) is 20.1. The van der Waals surface area contributed by atoms with E-state index < -0.39 is 0 Å². The van der Waals surface area contributed by atoms with Gasteiger partial charge < -0.3 is 15.6 Å². The lowest BCUT2D eigenvalue weighted by molar-refractivity contribution is 0.0909. The number of nitrogens with one attached hydrogen (secondary N) is 1. The second-order valence-corrected chi connectivity index (χ2v) is 8.13. The van der Waals surface area contributed by atoms with E-state index in [1.807, 2.05) is 6.07 Å². The summed E-state index contributed by atoms with van der Waals surface area (Å²) in [6.07, 6.45) is 6.68. The molecule has 3 N–H and O–H groups in total. The number of halogens is 1. The average molecular weight is 393 g/mol. The van der Waals surface area contributed by atoms with Crippen molar-refractivity contribution in [1.29, 1.82) is 0 Å². The number of hydrogen-bond donors (Lipinski definition) is 2. The minimum absolute atomic E-state index is 0. The molecule has 0 bridgehead atoms. The number of nitrogens with two attached hydrogens (primary N) is 1. The number of fused-ring (bicyclic) bond motifs is 1. The van der Waals surface area contributed by atoms with E-state index >= 15 is 0 Å². The molecule has 2 aliphatic rings. The zero-order chi connectivity index (χ0) is 18.3. The van der Waals surface area contributed by atoms with Gasteiger partial charge in [0.2, 0.25) is 0 Å². The molecule has 148 valence electrons. The Bertz CT molecular complexity index is 816. The van der Waals surface area contributed by atoms with Gasteiger partial charge in [0, 0.05) is 17.7 Å². The van der Waals surface area contributed by atoms with E-state index in [1.54, 1.807) is 0 Å². The molecule has 2 unspecified atom stereocenters. The summed E-state index contributed by atoms with van der Waals surface area (Å²) in [4.78, 5) is 17.8. The monoisotopic (exact) mass is 392 g/mol. The van der Waals surface area contributed by atoms with Crippen molar-refractivity contribution in [1.82, 2.24) is 15.5 Å². The summed E-state index contributed by atoms with van der Waals surface area (Å²) in [6.45, 7) is 4.73. The maximum atomic E-state index is 13.2. The third-order valence-electron chi connectivity index (χ3n) is 5.81. The van der Waals surface area contributed by atoms with E-state index in [1.165, 1.54) is 6.42 Å². The van der Waals surface area contributed by atoms with Gasteiger partial charge in [-0.2, -0.15) is 0 Å². The smallest absolute Gasteiger partial charge is 0.259 e. The second-order valence-electron chi connectivity index (χ2n) is 8.13. The second kappa shape index (κ2) is 8.15. The van der Waals surface area contributed by atoms with Crippen molar-refractivity contribution < 1.29 is 9.32 Å². The Labute approximate surface area is 166 Å². The predicted molar refractivity (Wildman–Crippen MR) is 107 cm³/mol. The molecule has 2 fully saturated rings. The number of aromatic nitrogens is 2. The molecule has 7 heteroatoms. The highest BCUT2D eigenvalue weighted by molar-refractivity contribution is 6.06. The van der Waals surface area contributed by atoms with E-state index in [4.69, 9.17) is 10.3 Å². The Balaban J connectivity index is 0.00000210. The van der Waals surface area contributed by atoms with Crippen molar-refractivity contribution in [3.05, 3.63) is 23.0 Å². The van der Waals surface area contributed by atoms with Gasteiger partial charge in [-0.25, -0.2) is 4.98 Å². The van der Waals surface area contributed by atoms with Crippen LogP contribution in [0.4, 0.5) is 0 Å². The van der Waals surface area contributed by atoms with Gasteiger partial charge in [0.05, 0.1) is 16.6 Å². The van der Waals surface area contributed by atoms with Crippen LogP contribution in [0.25, 0.3) is 11.1 Å². The molecular formula is C20H29ClN4O2. The summed E-state index contributed by atoms with van der Waals surface area (Å²) in [7, 11) is 0. The zero-order valence-corrected chi connectivity index (χ0v) is 16.8. The molecule has 0 radical (unpaired) electrons. The summed E-state index contributed by atoms with van der Waals surface area (Å²) >= 11 is 0. The SMILES string of the molecule is CC(C)c1noc2nc(C3CC3)cc(C(=O)NC3CCCCC3CN)c12.Cl. The first-order valence-corrected chi connectivity index (χ1v) is 9.89. The van der Waals surface area contributed by atoms with Crippen LogP contribution in [0.5, 0.6) is 0 Å². The van der Waals surface area contributed by atoms with Crippen LogP contribution in [0.15, 0.2) is 10.6 Å². The number of hydrogen-bond acceptors (Lipinski definition) is 5. The highest BCUT2D eigenvalue weighted by Crippen LogP contribution is 2.41. The van der Waals surface area contributed by atoms with Gasteiger partial charge in [-0.05, 0) is 50.1 Å². The summed E-state index contributed by atoms with van der Waals surface area (Å²) in [5.41, 5.74) is 8.83. The molecular weight excluding hydrogens is 364 g/mol. The molecule has 0 saturated heterocycles. The van der Waals surface area contributed by atoms with Crippen molar-refractivity contribution >= 4 is 29.4 Å². The lowest BCUT2D eigenvalue weighted by Gasteiger charge is -2.31. The van der Waals surface area contributed by atoms with Gasteiger partial charge in [0.1, 0.15) is 0 Å². The van der Waals surface area contributed by atoms with Crippen LogP contribution in [0.2, 0.25) is 0 Å². The van der Waals surface area contributed by atoms with E-state index in [0.717, 1.165) is 48.9 Å². The van der Waals surface area contributed by atoms with E-state index in [2.05, 4.69) is 29.3 Å². The Morgan fingerprint density at radius 1 is 1.30 bits per heavy atom. The molecule has 2 atom stereocenters. The van der Waals surface area contributed by atoms with E-state index in [-0.39, 0.29) is 30.3 Å². The van der Waals surface area contributed by atoms with Gasteiger partial charge in [-0.1, -0.05) is 31.8 Å². The summed E-state index contributed by atoms with van der Waals surface area (Å²) in [5, 5.41) is 8.22. The quantitative estimate of drug-likeness (QED) is 0.804. The van der Waals surface area contributed by atoms with Crippen molar-refractivity contribution in [3.63, 3.8) is 0 Å². The highest BCUT2D eigenvalue weighted by Gasteiger charge is 2.31.